The van der Waals surface area contributed by atoms with Crippen LogP contribution in [0.15, 0.2) is 0 Å². The van der Waals surface area contributed by atoms with Crippen LogP contribution in [0.5, 0.6) is 0 Å². The van der Waals surface area contributed by atoms with E-state index in [1.165, 1.54) is 0 Å². The molecule has 3 heteroatoms. The van der Waals surface area contributed by atoms with Gasteiger partial charge in [-0.2, -0.15) is 0 Å². The Kier molecular flexibility index (Phi) is 2.14. The Hall–Kier alpha value is -0.305. The van der Waals surface area contributed by atoms with Gasteiger partial charge in [0, 0.05) is 18.3 Å². The van der Waals surface area contributed by atoms with Crippen molar-refractivity contribution in [1.29, 1.82) is 0 Å². The molecule has 0 N–H and O–H groups in total. The molecular formula is C7H11BO2. The third kappa shape index (κ3) is 1.40. The molecule has 0 aliphatic carbocycles. The van der Waals surface area contributed by atoms with E-state index in [2.05, 4.69) is 0 Å². The predicted octanol–water partition coefficient (Wildman–Crippen LogP) is 0.495. The third-order valence-corrected chi connectivity index (χ3v) is 2.00. The monoisotopic (exact) mass is 138 g/mol. The molecule has 2 radical (unpaired) electrons. The Morgan fingerprint density at radius 1 is 1.60 bits per heavy atom. The lowest BCUT2D eigenvalue weighted by atomic mass is 9.85. The van der Waals surface area contributed by atoms with Gasteiger partial charge in [-0.25, -0.2) is 0 Å². The highest BCUT2D eigenvalue weighted by atomic mass is 16.5. The van der Waals surface area contributed by atoms with Crippen LogP contribution >= 0.6 is 0 Å². The molecule has 0 aromatic rings. The molecule has 10 heavy (non-hydrogen) atoms. The Morgan fingerprint density at radius 2 is 2.20 bits per heavy atom. The standard InChI is InChI=1S/C7H11BO2/c1-4-5(2)10-7(8)3-6(4)9/h4-5,7H,3H2,1-2H3/t4?,5?,7-/m0/s1. The molecule has 54 valence electrons. The van der Waals surface area contributed by atoms with Crippen LogP contribution in [0.4, 0.5) is 0 Å². The fourth-order valence-corrected chi connectivity index (χ4v) is 1.09. The highest BCUT2D eigenvalue weighted by Gasteiger charge is 2.28. The SMILES string of the molecule is [B][C@@H]1CC(=O)C(C)C(C)O1. The summed E-state index contributed by atoms with van der Waals surface area (Å²) < 4.78 is 5.23. The highest BCUT2D eigenvalue weighted by Crippen LogP contribution is 2.19. The third-order valence-electron chi connectivity index (χ3n) is 2.00. The van der Waals surface area contributed by atoms with E-state index in [4.69, 9.17) is 12.6 Å². The fraction of sp³-hybridized carbons (Fsp3) is 0.857. The molecule has 1 saturated heterocycles. The van der Waals surface area contributed by atoms with Crippen molar-refractivity contribution in [1.82, 2.24) is 0 Å². The molecule has 0 aromatic heterocycles. The number of carbonyl (C=O) groups excluding carboxylic acids is 1. The van der Waals surface area contributed by atoms with E-state index in [0.29, 0.717) is 6.42 Å². The van der Waals surface area contributed by atoms with Crippen molar-refractivity contribution in [3.63, 3.8) is 0 Å². The first-order chi connectivity index (χ1) is 4.61. The van der Waals surface area contributed by atoms with E-state index in [9.17, 15) is 4.79 Å². The summed E-state index contributed by atoms with van der Waals surface area (Å²) in [4.78, 5) is 11.1. The fourth-order valence-electron chi connectivity index (χ4n) is 1.09. The number of carbonyl (C=O) groups is 1. The van der Waals surface area contributed by atoms with Gasteiger partial charge in [0.1, 0.15) is 13.6 Å². The predicted molar refractivity (Wildman–Crippen MR) is 38.9 cm³/mol. The Labute approximate surface area is 62.3 Å². The molecule has 1 aliphatic heterocycles. The van der Waals surface area contributed by atoms with E-state index >= 15 is 0 Å². The quantitative estimate of drug-likeness (QED) is 0.455. The molecule has 1 rings (SSSR count). The topological polar surface area (TPSA) is 26.3 Å². The smallest absolute Gasteiger partial charge is 0.140 e. The van der Waals surface area contributed by atoms with Gasteiger partial charge in [0.25, 0.3) is 0 Å². The number of ketones is 1. The minimum atomic E-state index is -0.376. The highest BCUT2D eigenvalue weighted by molar-refractivity contribution is 6.13. The number of Topliss-reactive ketones (excluding diaryl/α,β-unsaturated/α-hetero) is 1. The molecule has 0 aromatic carbocycles. The van der Waals surface area contributed by atoms with Gasteiger partial charge < -0.3 is 4.74 Å². The van der Waals surface area contributed by atoms with Gasteiger partial charge in [-0.1, -0.05) is 6.92 Å². The van der Waals surface area contributed by atoms with Crippen molar-refractivity contribution in [2.24, 2.45) is 5.92 Å². The normalized spacial score (nSPS) is 41.8. The van der Waals surface area contributed by atoms with Crippen molar-refractivity contribution in [3.8, 4) is 0 Å². The van der Waals surface area contributed by atoms with Gasteiger partial charge in [-0.3, -0.25) is 4.79 Å². The summed E-state index contributed by atoms with van der Waals surface area (Å²) in [7, 11) is 5.43. The maximum absolute atomic E-state index is 11.1. The van der Waals surface area contributed by atoms with Crippen molar-refractivity contribution in [3.05, 3.63) is 0 Å². The van der Waals surface area contributed by atoms with E-state index in [1.54, 1.807) is 0 Å². The van der Waals surface area contributed by atoms with E-state index in [0.717, 1.165) is 0 Å². The zero-order valence-corrected chi connectivity index (χ0v) is 6.33. The van der Waals surface area contributed by atoms with E-state index < -0.39 is 0 Å². The summed E-state index contributed by atoms with van der Waals surface area (Å²) in [5.74, 6) is 0.228. The average Bonchev–Trinajstić information content (AvgIpc) is 1.82. The second-order valence-corrected chi connectivity index (χ2v) is 2.84. The Morgan fingerprint density at radius 3 is 2.70 bits per heavy atom. The average molecular weight is 138 g/mol. The van der Waals surface area contributed by atoms with E-state index in [-0.39, 0.29) is 23.8 Å². The molecule has 0 bridgehead atoms. The first kappa shape index (κ1) is 7.80. The van der Waals surface area contributed by atoms with Gasteiger partial charge in [0.2, 0.25) is 0 Å². The molecule has 1 heterocycles. The molecule has 2 unspecified atom stereocenters. The van der Waals surface area contributed by atoms with Crippen molar-refractivity contribution in [2.75, 3.05) is 0 Å². The number of rotatable bonds is 0. The number of ether oxygens (including phenoxy) is 1. The van der Waals surface area contributed by atoms with Crippen LogP contribution in [-0.2, 0) is 9.53 Å². The van der Waals surface area contributed by atoms with Crippen LogP contribution in [0, 0.1) is 5.92 Å². The van der Waals surface area contributed by atoms with Gasteiger partial charge in [0.05, 0.1) is 6.10 Å². The molecule has 3 atom stereocenters. The first-order valence-electron chi connectivity index (χ1n) is 3.55. The first-order valence-corrected chi connectivity index (χ1v) is 3.55. The zero-order chi connectivity index (χ0) is 7.72. The lowest BCUT2D eigenvalue weighted by Gasteiger charge is -2.29. The van der Waals surface area contributed by atoms with Crippen molar-refractivity contribution in [2.45, 2.75) is 32.4 Å². The summed E-state index contributed by atoms with van der Waals surface area (Å²) >= 11 is 0. The van der Waals surface area contributed by atoms with Gasteiger partial charge in [0.15, 0.2) is 0 Å². The Bertz CT molecular complexity index is 147. The maximum Gasteiger partial charge on any atom is 0.140 e. The maximum atomic E-state index is 11.1. The summed E-state index contributed by atoms with van der Waals surface area (Å²) in [6, 6.07) is -0.376. The second-order valence-electron chi connectivity index (χ2n) is 2.84. The summed E-state index contributed by atoms with van der Waals surface area (Å²) in [6.07, 6.45) is 0.349. The molecule has 0 saturated carbocycles. The largest absolute Gasteiger partial charge is 0.384 e. The van der Waals surface area contributed by atoms with Gasteiger partial charge in [-0.15, -0.1) is 0 Å². The number of hydrogen-bond donors (Lipinski definition) is 0. The van der Waals surface area contributed by atoms with Crippen LogP contribution < -0.4 is 0 Å². The van der Waals surface area contributed by atoms with Crippen LogP contribution in [0.2, 0.25) is 0 Å². The van der Waals surface area contributed by atoms with Crippen molar-refractivity contribution < 1.29 is 9.53 Å². The Balaban J connectivity index is 2.57. The van der Waals surface area contributed by atoms with Crippen LogP contribution in [0.25, 0.3) is 0 Å². The summed E-state index contributed by atoms with van der Waals surface area (Å²) in [6.45, 7) is 3.75. The summed E-state index contributed by atoms with van der Waals surface area (Å²) in [5.41, 5.74) is 0. The second kappa shape index (κ2) is 2.75. The van der Waals surface area contributed by atoms with Gasteiger partial charge >= 0.3 is 0 Å². The molecule has 1 fully saturated rings. The lowest BCUT2D eigenvalue weighted by Crippen LogP contribution is -2.38. The van der Waals surface area contributed by atoms with Crippen molar-refractivity contribution >= 4 is 13.6 Å². The minimum Gasteiger partial charge on any atom is -0.384 e. The van der Waals surface area contributed by atoms with Gasteiger partial charge in [-0.05, 0) is 6.92 Å². The molecule has 0 spiro atoms. The zero-order valence-electron chi connectivity index (χ0n) is 6.33. The summed E-state index contributed by atoms with van der Waals surface area (Å²) in [5, 5.41) is 0. The molecule has 0 amide bonds. The van der Waals surface area contributed by atoms with Crippen LogP contribution in [0.1, 0.15) is 20.3 Å². The lowest BCUT2D eigenvalue weighted by molar-refractivity contribution is -0.137. The minimum absolute atomic E-state index is 0.0137. The van der Waals surface area contributed by atoms with Crippen LogP contribution in [0.3, 0.4) is 0 Å². The molecule has 2 nitrogen and oxygen atoms in total. The number of hydrogen-bond acceptors (Lipinski definition) is 2. The van der Waals surface area contributed by atoms with Crippen LogP contribution in [-0.4, -0.2) is 25.7 Å². The van der Waals surface area contributed by atoms with E-state index in [1.807, 2.05) is 13.8 Å². The molecule has 1 aliphatic rings. The molecular weight excluding hydrogens is 127 g/mol.